The zero-order valence-corrected chi connectivity index (χ0v) is 19.3. The molecule has 0 radical (unpaired) electrons. The summed E-state index contributed by atoms with van der Waals surface area (Å²) in [4.78, 5) is 22.8. The van der Waals surface area contributed by atoms with Crippen molar-refractivity contribution in [2.75, 3.05) is 19.6 Å². The van der Waals surface area contributed by atoms with Crippen LogP contribution in [0, 0.1) is 24.1 Å². The van der Waals surface area contributed by atoms with Gasteiger partial charge in [0.1, 0.15) is 5.82 Å². The molecule has 9 heteroatoms. The van der Waals surface area contributed by atoms with Crippen LogP contribution in [0.1, 0.15) is 17.7 Å². The van der Waals surface area contributed by atoms with Gasteiger partial charge in [-0.15, -0.1) is 0 Å². The van der Waals surface area contributed by atoms with Crippen LogP contribution >= 0.6 is 15.9 Å². The molecular weight excluding hydrogens is 477 g/mol. The topological polar surface area (TPSA) is 95.1 Å². The highest BCUT2D eigenvalue weighted by Gasteiger charge is 2.30. The van der Waals surface area contributed by atoms with E-state index < -0.39 is 11.9 Å². The number of halogens is 2. The van der Waals surface area contributed by atoms with E-state index >= 15 is 0 Å². The van der Waals surface area contributed by atoms with Crippen molar-refractivity contribution in [1.29, 1.82) is 5.41 Å². The fraction of sp³-hybridized carbons (Fsp3) is 0.391. The molecule has 0 unspecified atom stereocenters. The zero-order chi connectivity index (χ0) is 22.8. The first-order chi connectivity index (χ1) is 15.3. The summed E-state index contributed by atoms with van der Waals surface area (Å²) in [6.45, 7) is 3.97. The van der Waals surface area contributed by atoms with Crippen LogP contribution in [0.15, 0.2) is 45.9 Å². The summed E-state index contributed by atoms with van der Waals surface area (Å²) in [5.74, 6) is -0.688. The Balaban J connectivity index is 1.38. The van der Waals surface area contributed by atoms with Crippen LogP contribution in [-0.4, -0.2) is 56.0 Å². The summed E-state index contributed by atoms with van der Waals surface area (Å²) >= 11 is 3.47. The van der Waals surface area contributed by atoms with Gasteiger partial charge >= 0.3 is 0 Å². The van der Waals surface area contributed by atoms with Crippen molar-refractivity contribution >= 4 is 32.7 Å². The highest BCUT2D eigenvalue weighted by atomic mass is 79.9. The molecule has 168 valence electrons. The van der Waals surface area contributed by atoms with E-state index in [9.17, 15) is 14.3 Å². The second kappa shape index (κ2) is 9.56. The molecule has 0 aromatic carbocycles. The molecule has 0 bridgehead atoms. The van der Waals surface area contributed by atoms with Crippen LogP contribution in [0.5, 0.6) is 0 Å². The smallest absolute Gasteiger partial charge is 0.251 e. The largest absolute Gasteiger partial charge is 0.391 e. The van der Waals surface area contributed by atoms with Crippen molar-refractivity contribution in [3.8, 4) is 0 Å². The number of nitrogens with zero attached hydrogens (tertiary/aromatic N) is 4. The Kier molecular flexibility index (Phi) is 6.78. The standard InChI is InChI=1S/C23H25BrFN5O2/c1-14-18(24)8-15(11-27-14)9-19(26)17-4-5-29(13-22(17)31)6-7-30-21-10-16(25)12-28-20(21)2-3-23(30)32/h2-3,8,10-12,17,22,26,31H,4-7,9,13H2,1H3/t17-,22-/m1/s1. The van der Waals surface area contributed by atoms with Gasteiger partial charge in [-0.3, -0.25) is 19.7 Å². The lowest BCUT2D eigenvalue weighted by molar-refractivity contribution is 0.0448. The van der Waals surface area contributed by atoms with Crippen LogP contribution in [0.4, 0.5) is 4.39 Å². The van der Waals surface area contributed by atoms with Crippen LogP contribution < -0.4 is 5.56 Å². The number of aryl methyl sites for hydroxylation is 1. The Bertz CT molecular complexity index is 1210. The third-order valence-corrected chi connectivity index (χ3v) is 6.84. The zero-order valence-electron chi connectivity index (χ0n) is 17.8. The number of hydrogen-bond donors (Lipinski definition) is 2. The highest BCUT2D eigenvalue weighted by Crippen LogP contribution is 2.22. The van der Waals surface area contributed by atoms with Crippen molar-refractivity contribution in [2.24, 2.45) is 5.92 Å². The third kappa shape index (κ3) is 4.95. The van der Waals surface area contributed by atoms with E-state index in [1.807, 2.05) is 13.0 Å². The summed E-state index contributed by atoms with van der Waals surface area (Å²) < 4.78 is 16.1. The molecule has 32 heavy (non-hydrogen) atoms. The van der Waals surface area contributed by atoms with E-state index in [0.29, 0.717) is 55.8 Å². The van der Waals surface area contributed by atoms with Crippen molar-refractivity contribution in [1.82, 2.24) is 19.4 Å². The maximum Gasteiger partial charge on any atom is 0.251 e. The Morgan fingerprint density at radius 1 is 1.28 bits per heavy atom. The van der Waals surface area contributed by atoms with E-state index in [-0.39, 0.29) is 11.5 Å². The number of fused-ring (bicyclic) bond motifs is 1. The number of β-amino-alcohol motifs (C(OH)–C–C–N with tert-alkyl or cyclic N) is 1. The maximum absolute atomic E-state index is 13.7. The van der Waals surface area contributed by atoms with Crippen LogP contribution in [-0.2, 0) is 13.0 Å². The van der Waals surface area contributed by atoms with Gasteiger partial charge in [0.25, 0.3) is 5.56 Å². The van der Waals surface area contributed by atoms with Gasteiger partial charge in [0.05, 0.1) is 29.0 Å². The van der Waals surface area contributed by atoms with Gasteiger partial charge in [-0.25, -0.2) is 4.39 Å². The molecule has 1 fully saturated rings. The first-order valence-corrected chi connectivity index (χ1v) is 11.3. The fourth-order valence-electron chi connectivity index (χ4n) is 4.21. The SMILES string of the molecule is Cc1ncc(CC(=N)[C@H]2CCN(CCn3c(=O)ccc4ncc(F)cc43)C[C@H]2O)cc1Br. The molecular formula is C23H25BrFN5O2. The number of pyridine rings is 3. The third-order valence-electron chi connectivity index (χ3n) is 6.03. The van der Waals surface area contributed by atoms with Gasteiger partial charge in [-0.05, 0) is 53.5 Å². The molecule has 2 N–H and O–H groups in total. The Morgan fingerprint density at radius 2 is 2.09 bits per heavy atom. The molecule has 0 spiro atoms. The number of likely N-dealkylation sites (tertiary alicyclic amines) is 1. The molecule has 1 saturated heterocycles. The molecule has 0 amide bonds. The van der Waals surface area contributed by atoms with E-state index in [0.717, 1.165) is 21.9 Å². The Morgan fingerprint density at radius 3 is 2.84 bits per heavy atom. The summed E-state index contributed by atoms with van der Waals surface area (Å²) in [5, 5.41) is 19.2. The monoisotopic (exact) mass is 501 g/mol. The average Bonchev–Trinajstić information content (AvgIpc) is 2.75. The predicted molar refractivity (Wildman–Crippen MR) is 125 cm³/mol. The number of hydrogen-bond acceptors (Lipinski definition) is 6. The second-order valence-corrected chi connectivity index (χ2v) is 9.11. The predicted octanol–water partition coefficient (Wildman–Crippen LogP) is 2.95. The van der Waals surface area contributed by atoms with Crippen molar-refractivity contribution in [3.05, 3.63) is 68.6 Å². The summed E-state index contributed by atoms with van der Waals surface area (Å²) in [6.07, 6.45) is 3.38. The lowest BCUT2D eigenvalue weighted by Crippen LogP contribution is -2.47. The molecule has 1 aliphatic rings. The number of aromatic nitrogens is 3. The summed E-state index contributed by atoms with van der Waals surface area (Å²) in [6, 6.07) is 6.33. The molecule has 2 atom stereocenters. The van der Waals surface area contributed by atoms with Gasteiger partial charge in [-0.1, -0.05) is 0 Å². The number of nitrogens with one attached hydrogen (secondary N) is 1. The minimum atomic E-state index is -0.651. The van der Waals surface area contributed by atoms with Crippen molar-refractivity contribution in [3.63, 3.8) is 0 Å². The van der Waals surface area contributed by atoms with E-state index in [4.69, 9.17) is 5.41 Å². The first kappa shape index (κ1) is 22.7. The first-order valence-electron chi connectivity index (χ1n) is 10.6. The van der Waals surface area contributed by atoms with Crippen molar-refractivity contribution in [2.45, 2.75) is 32.4 Å². The number of piperidine rings is 1. The number of aliphatic hydroxyl groups is 1. The maximum atomic E-state index is 13.7. The number of rotatable bonds is 6. The molecule has 4 rings (SSSR count). The van der Waals surface area contributed by atoms with Gasteiger partial charge < -0.3 is 15.1 Å². The van der Waals surface area contributed by atoms with Crippen LogP contribution in [0.25, 0.3) is 11.0 Å². The molecule has 0 aliphatic carbocycles. The molecule has 3 aromatic heterocycles. The quantitative estimate of drug-likeness (QED) is 0.506. The van der Waals surface area contributed by atoms with E-state index in [2.05, 4.69) is 30.8 Å². The van der Waals surface area contributed by atoms with Gasteiger partial charge in [0.15, 0.2) is 0 Å². The fourth-order valence-corrected chi connectivity index (χ4v) is 4.61. The van der Waals surface area contributed by atoms with Crippen LogP contribution in [0.3, 0.4) is 0 Å². The Hall–Kier alpha value is -2.49. The van der Waals surface area contributed by atoms with Crippen LogP contribution in [0.2, 0.25) is 0 Å². The average molecular weight is 502 g/mol. The summed E-state index contributed by atoms with van der Waals surface area (Å²) in [7, 11) is 0. The lowest BCUT2D eigenvalue weighted by atomic mass is 9.86. The number of aliphatic hydroxyl groups excluding tert-OH is 1. The minimum absolute atomic E-state index is 0.204. The van der Waals surface area contributed by atoms with Gasteiger partial charge in [0, 0.05) is 60.5 Å². The highest BCUT2D eigenvalue weighted by molar-refractivity contribution is 9.10. The normalized spacial score (nSPS) is 19.4. The van der Waals surface area contributed by atoms with E-state index in [1.165, 1.54) is 16.7 Å². The molecule has 1 aliphatic heterocycles. The minimum Gasteiger partial charge on any atom is -0.391 e. The summed E-state index contributed by atoms with van der Waals surface area (Å²) in [5.41, 5.74) is 3.17. The van der Waals surface area contributed by atoms with Gasteiger partial charge in [-0.2, -0.15) is 0 Å². The van der Waals surface area contributed by atoms with Crippen molar-refractivity contribution < 1.29 is 9.50 Å². The van der Waals surface area contributed by atoms with Gasteiger partial charge in [0.2, 0.25) is 0 Å². The molecule has 4 heterocycles. The molecule has 3 aromatic rings. The Labute approximate surface area is 193 Å². The second-order valence-electron chi connectivity index (χ2n) is 8.26. The lowest BCUT2D eigenvalue weighted by Gasteiger charge is -2.36. The van der Waals surface area contributed by atoms with E-state index in [1.54, 1.807) is 12.3 Å². The molecule has 7 nitrogen and oxygen atoms in total. The molecule has 0 saturated carbocycles.